The SMILES string of the molecule is CC(=O)N[C@@H](c1nc(C(=O)NCc2ccc(-c3ccccc3)cc2)c(C)o1)C(C)C. The number of hydrogen-bond acceptors (Lipinski definition) is 4. The van der Waals surface area contributed by atoms with Crippen molar-refractivity contribution in [2.24, 2.45) is 5.92 Å². The summed E-state index contributed by atoms with van der Waals surface area (Å²) in [5.74, 6) is 0.369. The van der Waals surface area contributed by atoms with Crippen molar-refractivity contribution in [2.45, 2.75) is 40.3 Å². The summed E-state index contributed by atoms with van der Waals surface area (Å²) in [6.07, 6.45) is 0. The first-order valence-electron chi connectivity index (χ1n) is 10.0. The molecule has 3 aromatic rings. The van der Waals surface area contributed by atoms with Crippen LogP contribution in [0.5, 0.6) is 0 Å². The van der Waals surface area contributed by atoms with Gasteiger partial charge < -0.3 is 15.1 Å². The van der Waals surface area contributed by atoms with Crippen LogP contribution in [-0.4, -0.2) is 16.8 Å². The predicted octanol–water partition coefficient (Wildman–Crippen LogP) is 4.41. The van der Waals surface area contributed by atoms with Crippen molar-refractivity contribution in [1.82, 2.24) is 15.6 Å². The first-order valence-corrected chi connectivity index (χ1v) is 10.0. The van der Waals surface area contributed by atoms with Crippen molar-refractivity contribution in [1.29, 1.82) is 0 Å². The third kappa shape index (κ3) is 5.14. The third-order valence-corrected chi connectivity index (χ3v) is 4.83. The van der Waals surface area contributed by atoms with E-state index >= 15 is 0 Å². The molecule has 1 atom stereocenters. The summed E-state index contributed by atoms with van der Waals surface area (Å²) < 4.78 is 5.69. The summed E-state index contributed by atoms with van der Waals surface area (Å²) >= 11 is 0. The first-order chi connectivity index (χ1) is 14.3. The lowest BCUT2D eigenvalue weighted by Gasteiger charge is -2.17. The molecular weight excluding hydrogens is 378 g/mol. The molecule has 0 spiro atoms. The van der Waals surface area contributed by atoms with E-state index in [4.69, 9.17) is 4.42 Å². The highest BCUT2D eigenvalue weighted by Crippen LogP contribution is 2.24. The molecule has 0 fully saturated rings. The standard InChI is InChI=1S/C24H27N3O3/c1-15(2)21(26-17(4)28)24-27-22(16(3)30-24)23(29)25-14-18-10-12-20(13-11-18)19-8-6-5-7-9-19/h5-13,15,21H,14H2,1-4H3,(H,25,29)(H,26,28)/t21-/m1/s1. The van der Waals surface area contributed by atoms with Gasteiger partial charge in [0.05, 0.1) is 0 Å². The van der Waals surface area contributed by atoms with Gasteiger partial charge >= 0.3 is 0 Å². The van der Waals surface area contributed by atoms with Crippen LogP contribution in [0.25, 0.3) is 11.1 Å². The van der Waals surface area contributed by atoms with Crippen molar-refractivity contribution in [2.75, 3.05) is 0 Å². The molecule has 156 valence electrons. The minimum atomic E-state index is -0.381. The van der Waals surface area contributed by atoms with E-state index in [9.17, 15) is 9.59 Å². The molecule has 0 saturated carbocycles. The fourth-order valence-corrected chi connectivity index (χ4v) is 3.20. The summed E-state index contributed by atoms with van der Waals surface area (Å²) in [5.41, 5.74) is 3.50. The fourth-order valence-electron chi connectivity index (χ4n) is 3.20. The second-order valence-corrected chi connectivity index (χ2v) is 7.62. The van der Waals surface area contributed by atoms with E-state index in [0.717, 1.165) is 16.7 Å². The maximum atomic E-state index is 12.6. The maximum Gasteiger partial charge on any atom is 0.273 e. The lowest BCUT2D eigenvalue weighted by atomic mass is 10.0. The second kappa shape index (κ2) is 9.39. The highest BCUT2D eigenvalue weighted by Gasteiger charge is 2.25. The van der Waals surface area contributed by atoms with Crippen LogP contribution in [0.1, 0.15) is 54.5 Å². The average molecular weight is 405 g/mol. The van der Waals surface area contributed by atoms with Gasteiger partial charge in [0.15, 0.2) is 5.69 Å². The largest absolute Gasteiger partial charge is 0.443 e. The minimum Gasteiger partial charge on any atom is -0.443 e. The second-order valence-electron chi connectivity index (χ2n) is 7.62. The van der Waals surface area contributed by atoms with Gasteiger partial charge in [-0.2, -0.15) is 0 Å². The number of rotatable bonds is 7. The molecule has 2 N–H and O–H groups in total. The van der Waals surface area contributed by atoms with Crippen LogP contribution < -0.4 is 10.6 Å². The van der Waals surface area contributed by atoms with Gasteiger partial charge in [-0.1, -0.05) is 68.4 Å². The van der Waals surface area contributed by atoms with Gasteiger partial charge in [0.1, 0.15) is 11.8 Å². The number of nitrogens with zero attached hydrogens (tertiary/aromatic N) is 1. The summed E-state index contributed by atoms with van der Waals surface area (Å²) in [7, 11) is 0. The molecule has 0 aliphatic heterocycles. The van der Waals surface area contributed by atoms with Gasteiger partial charge in [-0.15, -0.1) is 0 Å². The summed E-state index contributed by atoms with van der Waals surface area (Å²) in [5, 5.41) is 5.71. The molecule has 6 nitrogen and oxygen atoms in total. The number of carbonyl (C=O) groups excluding carboxylic acids is 2. The Hall–Kier alpha value is -3.41. The molecule has 0 radical (unpaired) electrons. The van der Waals surface area contributed by atoms with Crippen LogP contribution in [-0.2, 0) is 11.3 Å². The zero-order valence-electron chi connectivity index (χ0n) is 17.7. The van der Waals surface area contributed by atoms with Gasteiger partial charge in [-0.25, -0.2) is 4.98 Å². The molecule has 0 bridgehead atoms. The lowest BCUT2D eigenvalue weighted by Crippen LogP contribution is -2.30. The Labute approximate surface area is 176 Å². The zero-order valence-corrected chi connectivity index (χ0v) is 17.7. The molecule has 0 aliphatic rings. The smallest absolute Gasteiger partial charge is 0.273 e. The number of aryl methyl sites for hydroxylation is 1. The van der Waals surface area contributed by atoms with Crippen LogP contribution in [0.3, 0.4) is 0 Å². The number of hydrogen-bond donors (Lipinski definition) is 2. The predicted molar refractivity (Wildman–Crippen MR) is 116 cm³/mol. The Morgan fingerprint density at radius 3 is 2.23 bits per heavy atom. The Balaban J connectivity index is 1.66. The van der Waals surface area contributed by atoms with Gasteiger partial charge in [0.25, 0.3) is 5.91 Å². The van der Waals surface area contributed by atoms with Crippen LogP contribution >= 0.6 is 0 Å². The van der Waals surface area contributed by atoms with E-state index in [1.807, 2.05) is 56.3 Å². The number of nitrogens with one attached hydrogen (secondary N) is 2. The highest BCUT2D eigenvalue weighted by molar-refractivity contribution is 5.93. The molecule has 1 aromatic heterocycles. The van der Waals surface area contributed by atoms with Crippen molar-refractivity contribution in [3.8, 4) is 11.1 Å². The van der Waals surface area contributed by atoms with E-state index in [-0.39, 0.29) is 29.5 Å². The Morgan fingerprint density at radius 1 is 1.00 bits per heavy atom. The van der Waals surface area contributed by atoms with Crippen LogP contribution in [0, 0.1) is 12.8 Å². The summed E-state index contributed by atoms with van der Waals surface area (Å²) in [6, 6.07) is 17.8. The molecule has 2 aromatic carbocycles. The highest BCUT2D eigenvalue weighted by atomic mass is 16.4. The molecule has 0 unspecified atom stereocenters. The normalized spacial score (nSPS) is 11.9. The number of benzene rings is 2. The first kappa shape index (κ1) is 21.3. The Kier molecular flexibility index (Phi) is 6.67. The summed E-state index contributed by atoms with van der Waals surface area (Å²) in [6.45, 7) is 7.44. The van der Waals surface area contributed by atoms with Crippen LogP contribution in [0.4, 0.5) is 0 Å². The number of oxazole rings is 1. The molecule has 0 saturated heterocycles. The van der Waals surface area contributed by atoms with E-state index in [1.54, 1.807) is 6.92 Å². The number of carbonyl (C=O) groups is 2. The van der Waals surface area contributed by atoms with E-state index in [0.29, 0.717) is 18.2 Å². The van der Waals surface area contributed by atoms with Crippen LogP contribution in [0.15, 0.2) is 59.0 Å². The van der Waals surface area contributed by atoms with E-state index in [2.05, 4.69) is 27.8 Å². The third-order valence-electron chi connectivity index (χ3n) is 4.83. The Bertz CT molecular complexity index is 1010. The van der Waals surface area contributed by atoms with Gasteiger partial charge in [-0.3, -0.25) is 9.59 Å². The van der Waals surface area contributed by atoms with Crippen molar-refractivity contribution in [3.63, 3.8) is 0 Å². The molecule has 30 heavy (non-hydrogen) atoms. The molecule has 0 aliphatic carbocycles. The van der Waals surface area contributed by atoms with E-state index in [1.165, 1.54) is 6.92 Å². The van der Waals surface area contributed by atoms with Crippen LogP contribution in [0.2, 0.25) is 0 Å². The molecule has 2 amide bonds. The quantitative estimate of drug-likeness (QED) is 0.610. The molecular formula is C24H27N3O3. The molecule has 6 heteroatoms. The minimum absolute atomic E-state index is 0.0750. The molecule has 3 rings (SSSR count). The zero-order chi connectivity index (χ0) is 21.7. The maximum absolute atomic E-state index is 12.6. The van der Waals surface area contributed by atoms with Gasteiger partial charge in [0, 0.05) is 13.5 Å². The van der Waals surface area contributed by atoms with Gasteiger partial charge in [0.2, 0.25) is 11.8 Å². The van der Waals surface area contributed by atoms with E-state index < -0.39 is 0 Å². The Morgan fingerprint density at radius 2 is 1.63 bits per heavy atom. The van der Waals surface area contributed by atoms with Gasteiger partial charge in [-0.05, 0) is 29.5 Å². The lowest BCUT2D eigenvalue weighted by molar-refractivity contribution is -0.120. The summed E-state index contributed by atoms with van der Waals surface area (Å²) in [4.78, 5) is 28.5. The van der Waals surface area contributed by atoms with Crippen molar-refractivity contribution >= 4 is 11.8 Å². The fraction of sp³-hybridized carbons (Fsp3) is 0.292. The monoisotopic (exact) mass is 405 g/mol. The number of amides is 2. The molecule has 1 heterocycles. The van der Waals surface area contributed by atoms with Crippen molar-refractivity contribution in [3.05, 3.63) is 77.5 Å². The topological polar surface area (TPSA) is 84.2 Å². The average Bonchev–Trinajstić information content (AvgIpc) is 3.12. The van der Waals surface area contributed by atoms with Crippen molar-refractivity contribution < 1.29 is 14.0 Å². The number of aromatic nitrogens is 1.